The van der Waals surface area contributed by atoms with Gasteiger partial charge in [-0.1, -0.05) is 6.92 Å². The van der Waals surface area contributed by atoms with Gasteiger partial charge in [-0.05, 0) is 50.2 Å². The fraction of sp³-hybridized carbons (Fsp3) is 0.733. The topological polar surface area (TPSA) is 49.4 Å². The van der Waals surface area contributed by atoms with Crippen LogP contribution in [-0.2, 0) is 16.6 Å². The molecule has 0 spiro atoms. The summed E-state index contributed by atoms with van der Waals surface area (Å²) >= 11 is 1.42. The van der Waals surface area contributed by atoms with Gasteiger partial charge in [-0.3, -0.25) is 0 Å². The van der Waals surface area contributed by atoms with Gasteiger partial charge in [-0.2, -0.15) is 4.31 Å². The molecule has 1 aromatic heterocycles. The summed E-state index contributed by atoms with van der Waals surface area (Å²) in [6.45, 7) is 4.34. The summed E-state index contributed by atoms with van der Waals surface area (Å²) < 4.78 is 27.6. The molecule has 21 heavy (non-hydrogen) atoms. The number of hydrogen-bond acceptors (Lipinski definition) is 4. The predicted octanol–water partition coefficient (Wildman–Crippen LogP) is 2.81. The normalized spacial score (nSPS) is 24.9. The molecule has 0 aromatic carbocycles. The van der Waals surface area contributed by atoms with Crippen LogP contribution in [0, 0.1) is 5.92 Å². The van der Waals surface area contributed by atoms with Crippen LogP contribution in [0.1, 0.15) is 43.9 Å². The Labute approximate surface area is 131 Å². The highest BCUT2D eigenvalue weighted by atomic mass is 32.2. The zero-order chi connectivity index (χ0) is 14.9. The van der Waals surface area contributed by atoms with Crippen molar-refractivity contribution in [3.05, 3.63) is 17.0 Å². The maximum absolute atomic E-state index is 12.7. The van der Waals surface area contributed by atoms with Gasteiger partial charge < -0.3 is 5.32 Å². The van der Waals surface area contributed by atoms with Gasteiger partial charge in [0.05, 0.1) is 0 Å². The highest BCUT2D eigenvalue weighted by Gasteiger charge is 2.28. The Kier molecular flexibility index (Phi) is 4.69. The summed E-state index contributed by atoms with van der Waals surface area (Å²) in [5, 5.41) is 3.43. The van der Waals surface area contributed by atoms with Crippen molar-refractivity contribution in [1.82, 2.24) is 9.62 Å². The van der Waals surface area contributed by atoms with Crippen molar-refractivity contribution < 1.29 is 8.42 Å². The number of sulfonamides is 1. The zero-order valence-electron chi connectivity index (χ0n) is 12.5. The van der Waals surface area contributed by atoms with Gasteiger partial charge in [0.15, 0.2) is 0 Å². The van der Waals surface area contributed by atoms with Crippen molar-refractivity contribution in [2.75, 3.05) is 13.1 Å². The standard InChI is InChI=1S/C15H24N2O2S2/c1-12-3-2-9-17(10-8-12)21(18,19)15-7-6-14(20-15)11-16-13-4-5-13/h6-7,12-13,16H,2-5,8-11H2,1H3. The Morgan fingerprint density at radius 1 is 1.24 bits per heavy atom. The lowest BCUT2D eigenvalue weighted by atomic mass is 10.0. The smallest absolute Gasteiger partial charge is 0.252 e. The van der Waals surface area contributed by atoms with Crippen molar-refractivity contribution >= 4 is 21.4 Å². The molecule has 2 fully saturated rings. The second kappa shape index (κ2) is 6.36. The van der Waals surface area contributed by atoms with E-state index in [1.54, 1.807) is 10.4 Å². The first kappa shape index (κ1) is 15.5. The molecule has 1 aliphatic carbocycles. The van der Waals surface area contributed by atoms with E-state index in [9.17, 15) is 8.42 Å². The third kappa shape index (κ3) is 3.86. The van der Waals surface area contributed by atoms with Crippen LogP contribution in [0.15, 0.2) is 16.3 Å². The number of hydrogen-bond donors (Lipinski definition) is 1. The molecule has 1 aromatic rings. The molecule has 0 bridgehead atoms. The van der Waals surface area contributed by atoms with Crippen molar-refractivity contribution in [1.29, 1.82) is 0 Å². The van der Waals surface area contributed by atoms with E-state index in [-0.39, 0.29) is 0 Å². The summed E-state index contributed by atoms with van der Waals surface area (Å²) in [6, 6.07) is 4.38. The van der Waals surface area contributed by atoms with Crippen LogP contribution < -0.4 is 5.32 Å². The van der Waals surface area contributed by atoms with Gasteiger partial charge in [-0.15, -0.1) is 11.3 Å². The summed E-state index contributed by atoms with van der Waals surface area (Å²) in [5.41, 5.74) is 0. The van der Waals surface area contributed by atoms with Gasteiger partial charge in [0.25, 0.3) is 10.0 Å². The number of nitrogens with one attached hydrogen (secondary N) is 1. The minimum Gasteiger partial charge on any atom is -0.309 e. The molecular weight excluding hydrogens is 304 g/mol. The van der Waals surface area contributed by atoms with Crippen molar-refractivity contribution in [3.8, 4) is 0 Å². The lowest BCUT2D eigenvalue weighted by Gasteiger charge is -2.18. The van der Waals surface area contributed by atoms with E-state index in [2.05, 4.69) is 12.2 Å². The maximum Gasteiger partial charge on any atom is 0.252 e. The minimum atomic E-state index is -3.29. The second-order valence-corrected chi connectivity index (χ2v) is 9.65. The molecule has 1 unspecified atom stereocenters. The Bertz CT molecular complexity index is 578. The summed E-state index contributed by atoms with van der Waals surface area (Å²) in [7, 11) is -3.29. The average molecular weight is 329 g/mol. The van der Waals surface area contributed by atoms with Gasteiger partial charge in [0.1, 0.15) is 4.21 Å². The molecule has 0 radical (unpaired) electrons. The van der Waals surface area contributed by atoms with Gasteiger partial charge in [0.2, 0.25) is 0 Å². The number of rotatable bonds is 5. The number of thiophene rings is 1. The SMILES string of the molecule is CC1CCCN(S(=O)(=O)c2ccc(CNC3CC3)s2)CC1. The lowest BCUT2D eigenvalue weighted by Crippen LogP contribution is -2.31. The zero-order valence-corrected chi connectivity index (χ0v) is 14.2. The summed E-state index contributed by atoms with van der Waals surface area (Å²) in [6.07, 6.45) is 5.58. The molecule has 1 atom stereocenters. The van der Waals surface area contributed by atoms with Crippen LogP contribution in [0.4, 0.5) is 0 Å². The molecule has 1 N–H and O–H groups in total. The van der Waals surface area contributed by atoms with Crippen molar-refractivity contribution in [3.63, 3.8) is 0 Å². The molecule has 1 saturated carbocycles. The Morgan fingerprint density at radius 2 is 2.05 bits per heavy atom. The monoisotopic (exact) mass is 328 g/mol. The molecule has 118 valence electrons. The highest BCUT2D eigenvalue weighted by Crippen LogP contribution is 2.28. The molecule has 3 rings (SSSR count). The van der Waals surface area contributed by atoms with Crippen LogP contribution in [0.25, 0.3) is 0 Å². The third-order valence-electron chi connectivity index (χ3n) is 4.35. The van der Waals surface area contributed by atoms with E-state index >= 15 is 0 Å². The predicted molar refractivity (Wildman–Crippen MR) is 86.0 cm³/mol. The first-order valence-electron chi connectivity index (χ1n) is 7.88. The van der Waals surface area contributed by atoms with E-state index in [1.165, 1.54) is 24.2 Å². The largest absolute Gasteiger partial charge is 0.309 e. The fourth-order valence-corrected chi connectivity index (χ4v) is 5.68. The van der Waals surface area contributed by atoms with E-state index < -0.39 is 10.0 Å². The van der Waals surface area contributed by atoms with E-state index in [1.807, 2.05) is 6.07 Å². The minimum absolute atomic E-state index is 0.504. The molecule has 2 aliphatic rings. The lowest BCUT2D eigenvalue weighted by molar-refractivity contribution is 0.418. The van der Waals surface area contributed by atoms with E-state index in [4.69, 9.17) is 0 Å². The molecule has 6 heteroatoms. The van der Waals surface area contributed by atoms with Crippen LogP contribution >= 0.6 is 11.3 Å². The molecule has 2 heterocycles. The van der Waals surface area contributed by atoms with Gasteiger partial charge in [-0.25, -0.2) is 8.42 Å². The summed E-state index contributed by atoms with van der Waals surface area (Å²) in [4.78, 5) is 1.11. The highest BCUT2D eigenvalue weighted by molar-refractivity contribution is 7.91. The van der Waals surface area contributed by atoms with Crippen LogP contribution in [-0.4, -0.2) is 31.9 Å². The molecule has 0 amide bonds. The van der Waals surface area contributed by atoms with E-state index in [0.717, 1.165) is 30.7 Å². The Hall–Kier alpha value is -0.430. The first-order valence-corrected chi connectivity index (χ1v) is 10.1. The molecule has 4 nitrogen and oxygen atoms in total. The molecule has 1 saturated heterocycles. The third-order valence-corrected chi connectivity index (χ3v) is 7.80. The van der Waals surface area contributed by atoms with Gasteiger partial charge >= 0.3 is 0 Å². The Morgan fingerprint density at radius 3 is 2.81 bits per heavy atom. The Balaban J connectivity index is 1.68. The van der Waals surface area contributed by atoms with Crippen LogP contribution in [0.2, 0.25) is 0 Å². The van der Waals surface area contributed by atoms with E-state index in [0.29, 0.717) is 29.3 Å². The first-order chi connectivity index (χ1) is 10.1. The van der Waals surface area contributed by atoms with Crippen molar-refractivity contribution in [2.24, 2.45) is 5.92 Å². The second-order valence-electron chi connectivity index (χ2n) is 6.32. The molecular formula is C15H24N2O2S2. The van der Waals surface area contributed by atoms with Crippen molar-refractivity contribution in [2.45, 2.75) is 55.8 Å². The van der Waals surface area contributed by atoms with Crippen LogP contribution in [0.5, 0.6) is 0 Å². The van der Waals surface area contributed by atoms with Gasteiger partial charge in [0, 0.05) is 30.6 Å². The molecule has 1 aliphatic heterocycles. The maximum atomic E-state index is 12.7. The van der Waals surface area contributed by atoms with Crippen LogP contribution in [0.3, 0.4) is 0 Å². The summed E-state index contributed by atoms with van der Waals surface area (Å²) in [5.74, 6) is 0.631. The average Bonchev–Trinajstić information content (AvgIpc) is 3.20. The quantitative estimate of drug-likeness (QED) is 0.904. The number of nitrogens with zero attached hydrogens (tertiary/aromatic N) is 1. The fourth-order valence-electron chi connectivity index (χ4n) is 2.73.